The van der Waals surface area contributed by atoms with Gasteiger partial charge in [0.15, 0.2) is 11.7 Å². The van der Waals surface area contributed by atoms with Crippen LogP contribution in [0.2, 0.25) is 0 Å². The summed E-state index contributed by atoms with van der Waals surface area (Å²) >= 11 is 0. The van der Waals surface area contributed by atoms with E-state index in [1.807, 2.05) is 55.5 Å². The van der Waals surface area contributed by atoms with Crippen molar-refractivity contribution in [2.75, 3.05) is 14.2 Å². The number of nitrogens with zero attached hydrogens (tertiary/aromatic N) is 2. The molecular formula is C22H24N2O3. The number of oxazole rings is 1. The number of rotatable bonds is 7. The van der Waals surface area contributed by atoms with Crippen LogP contribution in [0.4, 0.5) is 0 Å². The third-order valence-corrected chi connectivity index (χ3v) is 4.43. The molecule has 0 spiro atoms. The fourth-order valence-corrected chi connectivity index (χ4v) is 2.94. The Balaban J connectivity index is 1.58. The molecule has 0 fully saturated rings. The van der Waals surface area contributed by atoms with Crippen LogP contribution in [0.3, 0.4) is 0 Å². The van der Waals surface area contributed by atoms with E-state index in [0.717, 1.165) is 28.2 Å². The van der Waals surface area contributed by atoms with E-state index in [4.69, 9.17) is 9.15 Å². The first-order valence-corrected chi connectivity index (χ1v) is 8.94. The van der Waals surface area contributed by atoms with E-state index in [2.05, 4.69) is 4.98 Å². The molecule has 1 heterocycles. The molecule has 2 aromatic carbocycles. The Bertz CT molecular complexity index is 903. The normalized spacial score (nSPS) is 10.6. The van der Waals surface area contributed by atoms with E-state index in [1.165, 1.54) is 0 Å². The first-order chi connectivity index (χ1) is 13.1. The van der Waals surface area contributed by atoms with Crippen LogP contribution in [0.25, 0.3) is 11.3 Å². The number of carbonyl (C=O) groups is 1. The number of amides is 1. The predicted octanol–water partition coefficient (Wildman–Crippen LogP) is 4.25. The minimum atomic E-state index is 0.0398. The van der Waals surface area contributed by atoms with Crippen molar-refractivity contribution in [1.29, 1.82) is 0 Å². The molecule has 0 bridgehead atoms. The molecule has 0 saturated heterocycles. The number of hydrogen-bond donors (Lipinski definition) is 0. The molecule has 0 atom stereocenters. The second kappa shape index (κ2) is 8.54. The van der Waals surface area contributed by atoms with Gasteiger partial charge >= 0.3 is 0 Å². The summed E-state index contributed by atoms with van der Waals surface area (Å²) in [6.07, 6.45) is 2.52. The van der Waals surface area contributed by atoms with E-state index in [1.54, 1.807) is 25.3 Å². The Hall–Kier alpha value is -3.08. The summed E-state index contributed by atoms with van der Waals surface area (Å²) in [5, 5.41) is 0. The molecule has 0 saturated carbocycles. The van der Waals surface area contributed by atoms with Crippen LogP contribution in [0.5, 0.6) is 5.75 Å². The number of benzene rings is 2. The molecule has 0 aliphatic carbocycles. The summed E-state index contributed by atoms with van der Waals surface area (Å²) in [6, 6.07) is 15.8. The predicted molar refractivity (Wildman–Crippen MR) is 104 cm³/mol. The van der Waals surface area contributed by atoms with Gasteiger partial charge in [-0.2, -0.15) is 0 Å². The van der Waals surface area contributed by atoms with Gasteiger partial charge in [0.1, 0.15) is 5.75 Å². The summed E-state index contributed by atoms with van der Waals surface area (Å²) in [5.74, 6) is 2.12. The third-order valence-electron chi connectivity index (χ3n) is 4.43. The number of hydrogen-bond acceptors (Lipinski definition) is 4. The van der Waals surface area contributed by atoms with Crippen molar-refractivity contribution >= 4 is 5.91 Å². The van der Waals surface area contributed by atoms with Gasteiger partial charge in [-0.15, -0.1) is 0 Å². The van der Waals surface area contributed by atoms with Crippen LogP contribution < -0.4 is 4.74 Å². The number of ether oxygens (including phenoxy) is 1. The fourth-order valence-electron chi connectivity index (χ4n) is 2.94. The minimum Gasteiger partial charge on any atom is -0.496 e. The van der Waals surface area contributed by atoms with Crippen LogP contribution in [0, 0.1) is 6.92 Å². The van der Waals surface area contributed by atoms with E-state index in [0.29, 0.717) is 25.3 Å². The average Bonchev–Trinajstić information content (AvgIpc) is 3.16. The lowest BCUT2D eigenvalue weighted by Gasteiger charge is -2.19. The van der Waals surface area contributed by atoms with Crippen LogP contribution >= 0.6 is 0 Å². The molecule has 1 amide bonds. The van der Waals surface area contributed by atoms with Gasteiger partial charge in [-0.3, -0.25) is 4.79 Å². The zero-order chi connectivity index (χ0) is 19.2. The van der Waals surface area contributed by atoms with Gasteiger partial charge in [-0.1, -0.05) is 48.0 Å². The number of aryl methyl sites for hydroxylation is 2. The van der Waals surface area contributed by atoms with E-state index in [9.17, 15) is 4.79 Å². The number of carbonyl (C=O) groups excluding carboxylic acids is 1. The number of aromatic nitrogens is 1. The van der Waals surface area contributed by atoms with E-state index < -0.39 is 0 Å². The Labute approximate surface area is 159 Å². The van der Waals surface area contributed by atoms with Crippen molar-refractivity contribution in [1.82, 2.24) is 9.88 Å². The summed E-state index contributed by atoms with van der Waals surface area (Å²) in [5.41, 5.74) is 3.11. The second-order valence-electron chi connectivity index (χ2n) is 6.55. The summed E-state index contributed by atoms with van der Waals surface area (Å²) in [7, 11) is 3.44. The monoisotopic (exact) mass is 364 g/mol. The molecule has 5 nitrogen and oxygen atoms in total. The average molecular weight is 364 g/mol. The van der Waals surface area contributed by atoms with Gasteiger partial charge in [0.05, 0.1) is 13.3 Å². The third kappa shape index (κ3) is 4.76. The molecule has 5 heteroatoms. The molecule has 0 unspecified atom stereocenters. The first kappa shape index (κ1) is 18.7. The quantitative estimate of drug-likeness (QED) is 0.629. The van der Waals surface area contributed by atoms with Gasteiger partial charge in [-0.05, 0) is 13.0 Å². The highest BCUT2D eigenvalue weighted by molar-refractivity contribution is 5.76. The maximum atomic E-state index is 12.5. The van der Waals surface area contributed by atoms with Crippen molar-refractivity contribution in [2.45, 2.75) is 26.3 Å². The molecule has 1 aromatic heterocycles. The molecule has 3 aromatic rings. The van der Waals surface area contributed by atoms with Crippen molar-refractivity contribution < 1.29 is 13.9 Å². The molecular weight excluding hydrogens is 340 g/mol. The molecule has 0 N–H and O–H groups in total. The molecule has 3 rings (SSSR count). The van der Waals surface area contributed by atoms with Crippen molar-refractivity contribution in [2.24, 2.45) is 0 Å². The standard InChI is InChI=1S/C22H24N2O3/c1-16-9-10-19(26-3)18(13-16)15-24(2)22(25)12-11-21-23-14-20(27-21)17-7-5-4-6-8-17/h4-10,13-14H,11-12,15H2,1-3H3. The Kier molecular flexibility index (Phi) is 5.91. The van der Waals surface area contributed by atoms with Crippen LogP contribution in [-0.4, -0.2) is 29.9 Å². The summed E-state index contributed by atoms with van der Waals surface area (Å²) in [6.45, 7) is 2.53. The van der Waals surface area contributed by atoms with E-state index in [-0.39, 0.29) is 5.91 Å². The van der Waals surface area contributed by atoms with E-state index >= 15 is 0 Å². The maximum Gasteiger partial charge on any atom is 0.223 e. The van der Waals surface area contributed by atoms with Gasteiger partial charge < -0.3 is 14.1 Å². The maximum absolute atomic E-state index is 12.5. The minimum absolute atomic E-state index is 0.0398. The second-order valence-corrected chi connectivity index (χ2v) is 6.55. The zero-order valence-electron chi connectivity index (χ0n) is 15.9. The lowest BCUT2D eigenvalue weighted by molar-refractivity contribution is -0.130. The SMILES string of the molecule is COc1ccc(C)cc1CN(C)C(=O)CCc1ncc(-c2ccccc2)o1. The fraction of sp³-hybridized carbons (Fsp3) is 0.273. The van der Waals surface area contributed by atoms with Gasteiger partial charge in [0.25, 0.3) is 0 Å². The molecule has 27 heavy (non-hydrogen) atoms. The highest BCUT2D eigenvalue weighted by Gasteiger charge is 2.14. The van der Waals surface area contributed by atoms with Crippen molar-refractivity contribution in [3.63, 3.8) is 0 Å². The number of methoxy groups -OCH3 is 1. The zero-order valence-corrected chi connectivity index (χ0v) is 15.9. The van der Waals surface area contributed by atoms with Crippen LogP contribution in [-0.2, 0) is 17.8 Å². The smallest absolute Gasteiger partial charge is 0.223 e. The summed E-state index contributed by atoms with van der Waals surface area (Å²) in [4.78, 5) is 18.5. The molecule has 0 radical (unpaired) electrons. The first-order valence-electron chi connectivity index (χ1n) is 8.94. The van der Waals surface area contributed by atoms with Crippen LogP contribution in [0.1, 0.15) is 23.4 Å². The Morgan fingerprint density at radius 3 is 2.70 bits per heavy atom. The van der Waals surface area contributed by atoms with Crippen molar-refractivity contribution in [3.05, 3.63) is 71.7 Å². The van der Waals surface area contributed by atoms with Crippen molar-refractivity contribution in [3.8, 4) is 17.1 Å². The topological polar surface area (TPSA) is 55.6 Å². The van der Waals surface area contributed by atoms with Gasteiger partial charge in [0.2, 0.25) is 5.91 Å². The van der Waals surface area contributed by atoms with Crippen LogP contribution in [0.15, 0.2) is 59.1 Å². The molecule has 0 aliphatic rings. The van der Waals surface area contributed by atoms with Gasteiger partial charge in [0, 0.05) is 37.6 Å². The van der Waals surface area contributed by atoms with Gasteiger partial charge in [-0.25, -0.2) is 4.98 Å². The largest absolute Gasteiger partial charge is 0.496 e. The Morgan fingerprint density at radius 2 is 1.96 bits per heavy atom. The molecule has 0 aliphatic heterocycles. The summed E-state index contributed by atoms with van der Waals surface area (Å²) < 4.78 is 11.2. The highest BCUT2D eigenvalue weighted by Crippen LogP contribution is 2.22. The lowest BCUT2D eigenvalue weighted by Crippen LogP contribution is -2.26. The molecule has 140 valence electrons. The lowest BCUT2D eigenvalue weighted by atomic mass is 10.1. The Morgan fingerprint density at radius 1 is 1.19 bits per heavy atom. The highest BCUT2D eigenvalue weighted by atomic mass is 16.5.